The molecule has 2 rings (SSSR count). The highest BCUT2D eigenvalue weighted by molar-refractivity contribution is 6.31. The quantitative estimate of drug-likeness (QED) is 0.899. The van der Waals surface area contributed by atoms with Crippen molar-refractivity contribution in [3.63, 3.8) is 0 Å². The number of para-hydroxylation sites is 1. The van der Waals surface area contributed by atoms with Gasteiger partial charge in [-0.2, -0.15) is 0 Å². The van der Waals surface area contributed by atoms with Crippen LogP contribution in [0.1, 0.15) is 26.3 Å². The first kappa shape index (κ1) is 15.7. The molecule has 0 spiro atoms. The van der Waals surface area contributed by atoms with Gasteiger partial charge in [-0.3, -0.25) is 0 Å². The Morgan fingerprint density at radius 3 is 2.62 bits per heavy atom. The second-order valence-corrected chi connectivity index (χ2v) is 6.17. The Bertz CT molecular complexity index is 626. The van der Waals surface area contributed by atoms with Gasteiger partial charge >= 0.3 is 0 Å². The SMILES string of the molecule is CC(C)(C)NCc1cnc(Oc2ccccc2F)c(Cl)c1. The molecule has 0 aliphatic rings. The van der Waals surface area contributed by atoms with Crippen molar-refractivity contribution in [3.05, 3.63) is 52.9 Å². The monoisotopic (exact) mass is 308 g/mol. The van der Waals surface area contributed by atoms with E-state index in [0.717, 1.165) is 5.56 Å². The van der Waals surface area contributed by atoms with E-state index in [-0.39, 0.29) is 17.2 Å². The molecule has 1 heterocycles. The van der Waals surface area contributed by atoms with Crippen LogP contribution in [-0.2, 0) is 6.54 Å². The molecule has 1 aromatic carbocycles. The fourth-order valence-electron chi connectivity index (χ4n) is 1.64. The fraction of sp³-hybridized carbons (Fsp3) is 0.312. The number of halogens is 2. The summed E-state index contributed by atoms with van der Waals surface area (Å²) in [5.41, 5.74) is 0.949. The molecule has 0 radical (unpaired) electrons. The van der Waals surface area contributed by atoms with Crippen LogP contribution in [0.4, 0.5) is 4.39 Å². The summed E-state index contributed by atoms with van der Waals surface area (Å²) in [6.45, 7) is 6.89. The zero-order chi connectivity index (χ0) is 15.5. The Morgan fingerprint density at radius 1 is 1.29 bits per heavy atom. The summed E-state index contributed by atoms with van der Waals surface area (Å²) in [5, 5.41) is 3.70. The average molecular weight is 309 g/mol. The van der Waals surface area contributed by atoms with Gasteiger partial charge in [0.05, 0.1) is 0 Å². The molecule has 0 aliphatic heterocycles. The maximum Gasteiger partial charge on any atom is 0.238 e. The molecule has 1 aromatic heterocycles. The molecular formula is C16H18ClFN2O. The number of hydrogen-bond donors (Lipinski definition) is 1. The second-order valence-electron chi connectivity index (χ2n) is 5.77. The molecule has 0 fully saturated rings. The van der Waals surface area contributed by atoms with Gasteiger partial charge in [0.1, 0.15) is 5.02 Å². The number of rotatable bonds is 4. The van der Waals surface area contributed by atoms with Gasteiger partial charge in [-0.1, -0.05) is 23.7 Å². The molecule has 1 N–H and O–H groups in total. The van der Waals surface area contributed by atoms with Gasteiger partial charge in [-0.25, -0.2) is 9.37 Å². The van der Waals surface area contributed by atoms with E-state index in [1.54, 1.807) is 24.4 Å². The van der Waals surface area contributed by atoms with Crippen molar-refractivity contribution in [2.24, 2.45) is 0 Å². The number of nitrogens with zero attached hydrogens (tertiary/aromatic N) is 1. The predicted octanol–water partition coefficient (Wildman–Crippen LogP) is 4.55. The molecular weight excluding hydrogens is 291 g/mol. The molecule has 0 aliphatic carbocycles. The van der Waals surface area contributed by atoms with E-state index >= 15 is 0 Å². The van der Waals surface area contributed by atoms with Gasteiger partial charge in [-0.15, -0.1) is 0 Å². The highest BCUT2D eigenvalue weighted by Crippen LogP contribution is 2.29. The Morgan fingerprint density at radius 2 is 2.00 bits per heavy atom. The minimum absolute atomic E-state index is 0.00874. The molecule has 0 saturated carbocycles. The van der Waals surface area contributed by atoms with Crippen LogP contribution in [0.15, 0.2) is 36.5 Å². The number of nitrogens with one attached hydrogen (secondary N) is 1. The molecule has 0 atom stereocenters. The van der Waals surface area contributed by atoms with Crippen molar-refractivity contribution in [1.29, 1.82) is 0 Å². The van der Waals surface area contributed by atoms with Crippen molar-refractivity contribution in [2.45, 2.75) is 32.9 Å². The zero-order valence-electron chi connectivity index (χ0n) is 12.3. The molecule has 112 valence electrons. The lowest BCUT2D eigenvalue weighted by Crippen LogP contribution is -2.35. The lowest BCUT2D eigenvalue weighted by atomic mass is 10.1. The van der Waals surface area contributed by atoms with Crippen LogP contribution in [0.5, 0.6) is 11.6 Å². The van der Waals surface area contributed by atoms with Gasteiger partial charge in [0.25, 0.3) is 0 Å². The van der Waals surface area contributed by atoms with E-state index in [4.69, 9.17) is 16.3 Å². The standard InChI is InChI=1S/C16H18ClFN2O/c1-16(2,3)20-10-11-8-12(17)15(19-9-11)21-14-7-5-4-6-13(14)18/h4-9,20H,10H2,1-3H3. The van der Waals surface area contributed by atoms with Gasteiger partial charge in [0.2, 0.25) is 5.88 Å². The van der Waals surface area contributed by atoms with Crippen molar-refractivity contribution >= 4 is 11.6 Å². The first-order valence-corrected chi connectivity index (χ1v) is 7.05. The normalized spacial score (nSPS) is 11.5. The number of pyridine rings is 1. The summed E-state index contributed by atoms with van der Waals surface area (Å²) in [4.78, 5) is 4.15. The first-order chi connectivity index (χ1) is 9.85. The fourth-order valence-corrected chi connectivity index (χ4v) is 1.86. The minimum atomic E-state index is -0.450. The van der Waals surface area contributed by atoms with Crippen LogP contribution in [0, 0.1) is 5.82 Å². The van der Waals surface area contributed by atoms with Crippen LogP contribution in [-0.4, -0.2) is 10.5 Å². The van der Waals surface area contributed by atoms with Gasteiger partial charge in [-0.05, 0) is 44.5 Å². The molecule has 3 nitrogen and oxygen atoms in total. The Kier molecular flexibility index (Phi) is 4.80. The molecule has 5 heteroatoms. The zero-order valence-corrected chi connectivity index (χ0v) is 13.0. The smallest absolute Gasteiger partial charge is 0.238 e. The highest BCUT2D eigenvalue weighted by Gasteiger charge is 2.12. The van der Waals surface area contributed by atoms with E-state index in [1.165, 1.54) is 12.1 Å². The second kappa shape index (κ2) is 6.41. The highest BCUT2D eigenvalue weighted by atomic mass is 35.5. The first-order valence-electron chi connectivity index (χ1n) is 6.67. The molecule has 2 aromatic rings. The van der Waals surface area contributed by atoms with Crippen molar-refractivity contribution in [1.82, 2.24) is 10.3 Å². The topological polar surface area (TPSA) is 34.2 Å². The Hall–Kier alpha value is -1.65. The third kappa shape index (κ3) is 4.69. The van der Waals surface area contributed by atoms with Crippen LogP contribution in [0.25, 0.3) is 0 Å². The molecule has 0 saturated heterocycles. The Labute approximate surface area is 129 Å². The summed E-state index contributed by atoms with van der Waals surface area (Å²) in [6.07, 6.45) is 1.67. The van der Waals surface area contributed by atoms with E-state index in [2.05, 4.69) is 31.1 Å². The number of aromatic nitrogens is 1. The summed E-state index contributed by atoms with van der Waals surface area (Å²) < 4.78 is 18.9. The number of hydrogen-bond acceptors (Lipinski definition) is 3. The van der Waals surface area contributed by atoms with Gasteiger partial charge in [0, 0.05) is 18.3 Å². The van der Waals surface area contributed by atoms with Crippen LogP contribution in [0.2, 0.25) is 5.02 Å². The van der Waals surface area contributed by atoms with Crippen LogP contribution in [0.3, 0.4) is 0 Å². The molecule has 0 unspecified atom stereocenters. The predicted molar refractivity (Wildman–Crippen MR) is 82.3 cm³/mol. The maximum absolute atomic E-state index is 13.5. The summed E-state index contributed by atoms with van der Waals surface area (Å²) in [5.74, 6) is -0.150. The van der Waals surface area contributed by atoms with E-state index in [0.29, 0.717) is 11.6 Å². The van der Waals surface area contributed by atoms with Crippen molar-refractivity contribution < 1.29 is 9.13 Å². The summed E-state index contributed by atoms with van der Waals surface area (Å²) in [6, 6.07) is 7.91. The third-order valence-electron chi connectivity index (χ3n) is 2.73. The van der Waals surface area contributed by atoms with Gasteiger partial charge in [0.15, 0.2) is 11.6 Å². The van der Waals surface area contributed by atoms with Crippen molar-refractivity contribution in [2.75, 3.05) is 0 Å². The Balaban J connectivity index is 2.11. The van der Waals surface area contributed by atoms with E-state index in [9.17, 15) is 4.39 Å². The van der Waals surface area contributed by atoms with E-state index < -0.39 is 5.82 Å². The van der Waals surface area contributed by atoms with Gasteiger partial charge < -0.3 is 10.1 Å². The van der Waals surface area contributed by atoms with Crippen molar-refractivity contribution in [3.8, 4) is 11.6 Å². The third-order valence-corrected chi connectivity index (χ3v) is 3.00. The summed E-state index contributed by atoms with van der Waals surface area (Å²) >= 11 is 6.14. The molecule has 0 bridgehead atoms. The molecule has 0 amide bonds. The van der Waals surface area contributed by atoms with E-state index in [1.807, 2.05) is 0 Å². The largest absolute Gasteiger partial charge is 0.434 e. The van der Waals surface area contributed by atoms with Crippen LogP contribution < -0.4 is 10.1 Å². The number of ether oxygens (including phenoxy) is 1. The maximum atomic E-state index is 13.5. The average Bonchev–Trinajstić information content (AvgIpc) is 2.41. The molecule has 21 heavy (non-hydrogen) atoms. The lowest BCUT2D eigenvalue weighted by Gasteiger charge is -2.20. The summed E-state index contributed by atoms with van der Waals surface area (Å²) in [7, 11) is 0. The number of benzene rings is 1. The lowest BCUT2D eigenvalue weighted by molar-refractivity contribution is 0.419. The van der Waals surface area contributed by atoms with Crippen LogP contribution >= 0.6 is 11.6 Å². The minimum Gasteiger partial charge on any atom is -0.434 e.